The van der Waals surface area contributed by atoms with Crippen LogP contribution in [0.5, 0.6) is 0 Å². The van der Waals surface area contributed by atoms with Gasteiger partial charge in [0.25, 0.3) is 5.91 Å². The monoisotopic (exact) mass is 570 g/mol. The maximum Gasteiger partial charge on any atom is 0.337 e. The Hall–Kier alpha value is -2.61. The van der Waals surface area contributed by atoms with Crippen LogP contribution in [-0.2, 0) is 29.7 Å². The van der Waals surface area contributed by atoms with Gasteiger partial charge in [0.15, 0.2) is 6.23 Å². The lowest BCUT2D eigenvalue weighted by Crippen LogP contribution is -2.40. The first-order chi connectivity index (χ1) is 18.2. The molecule has 1 aliphatic rings. The number of likely N-dealkylation sites (N-methyl/N-ethyl adjacent to an activating group) is 1. The lowest BCUT2D eigenvalue weighted by atomic mass is 10.1. The predicted octanol–water partition coefficient (Wildman–Crippen LogP) is 0.666. The third kappa shape index (κ3) is 8.72. The number of carbonyl (C=O) groups excluding carboxylic acids is 2. The Morgan fingerprint density at radius 2 is 1.89 bits per heavy atom. The first kappa shape index (κ1) is 29.9. The molecular weight excluding hydrogens is 542 g/mol. The Bertz CT molecular complexity index is 1080. The van der Waals surface area contributed by atoms with Gasteiger partial charge < -0.3 is 44.4 Å². The van der Waals surface area contributed by atoms with Crippen molar-refractivity contribution >= 4 is 40.9 Å². The minimum absolute atomic E-state index is 0.0859. The number of nitrogens with one attached hydrogen (secondary N) is 1. The maximum absolute atomic E-state index is 12.6. The Kier molecular flexibility index (Phi) is 11.4. The van der Waals surface area contributed by atoms with E-state index in [4.69, 9.17) is 19.0 Å². The third-order valence-electron chi connectivity index (χ3n) is 5.30. The molecule has 0 aliphatic carbocycles. The number of ether oxygens (including phenoxy) is 1. The number of carbonyl (C=O) groups is 2. The van der Waals surface area contributed by atoms with Crippen molar-refractivity contribution in [2.24, 2.45) is 0 Å². The number of aliphatic hydroxyl groups excluding tert-OH is 2. The fourth-order valence-electron chi connectivity index (χ4n) is 3.46. The Balaban J connectivity index is 1.55. The van der Waals surface area contributed by atoms with Crippen molar-refractivity contribution < 1.29 is 48.1 Å². The normalized spacial score (nSPS) is 22.0. The summed E-state index contributed by atoms with van der Waals surface area (Å²) < 4.78 is 14.7. The highest BCUT2D eigenvalue weighted by atomic mass is 31.2. The molecule has 0 bridgehead atoms. The molecule has 2 amide bonds. The number of para-hydroxylation sites is 1. The minimum Gasteiger partial charge on any atom is -0.387 e. The molecule has 206 valence electrons. The van der Waals surface area contributed by atoms with Crippen LogP contribution in [-0.4, -0.2) is 90.2 Å². The molecule has 0 radical (unpaired) electrons. The van der Waals surface area contributed by atoms with Gasteiger partial charge in [0, 0.05) is 36.9 Å². The number of pyridine rings is 1. The van der Waals surface area contributed by atoms with Crippen LogP contribution >= 0.6 is 17.2 Å². The van der Waals surface area contributed by atoms with Crippen LogP contribution in [0.1, 0.15) is 5.69 Å². The van der Waals surface area contributed by atoms with Gasteiger partial charge in [-0.1, -0.05) is 18.2 Å². The maximum atomic E-state index is 12.6. The van der Waals surface area contributed by atoms with Gasteiger partial charge in [0.1, 0.15) is 18.3 Å². The number of nitrogens with zero attached hydrogens (tertiary/aromatic N) is 3. The van der Waals surface area contributed by atoms with E-state index in [1.54, 1.807) is 18.3 Å². The van der Waals surface area contributed by atoms with Crippen LogP contribution in [0.3, 0.4) is 0 Å². The lowest BCUT2D eigenvalue weighted by molar-refractivity contribution is -0.135. The Morgan fingerprint density at radius 1 is 1.16 bits per heavy atom. The van der Waals surface area contributed by atoms with E-state index in [0.717, 1.165) is 22.4 Å². The summed E-state index contributed by atoms with van der Waals surface area (Å²) in [7, 11) is -3.98. The highest BCUT2D eigenvalue weighted by Gasteiger charge is 2.44. The average molecular weight is 570 g/mol. The number of anilines is 2. The van der Waals surface area contributed by atoms with Gasteiger partial charge in [0.2, 0.25) is 6.41 Å². The highest BCUT2D eigenvalue weighted by molar-refractivity contribution is 7.54. The van der Waals surface area contributed by atoms with Crippen molar-refractivity contribution in [3.63, 3.8) is 0 Å². The van der Waals surface area contributed by atoms with E-state index in [1.165, 1.54) is 18.1 Å². The largest absolute Gasteiger partial charge is 0.387 e. The molecule has 1 aromatic heterocycles. The zero-order chi connectivity index (χ0) is 27.7. The standard InChI is InChI=1S/C22H28N4O10P2/c1-25(22-21(30)20(29)18(35-22)13-34-38(33)36-37(31)32)10-8-19(28)26(14-27)12-17-11-16(7-9-23-17)24-15-5-3-2-4-6-15/h2-11,14,18,20-22,29-33H,12-13H2,1H3,(H,23,24)/b10-8-. The number of aromatic nitrogens is 1. The van der Waals surface area contributed by atoms with E-state index in [0.29, 0.717) is 12.1 Å². The van der Waals surface area contributed by atoms with Gasteiger partial charge >= 0.3 is 17.2 Å². The molecule has 1 aromatic carbocycles. The quantitative estimate of drug-likeness (QED) is 0.112. The first-order valence-electron chi connectivity index (χ1n) is 11.1. The van der Waals surface area contributed by atoms with Crippen molar-refractivity contribution in [1.82, 2.24) is 14.8 Å². The zero-order valence-electron chi connectivity index (χ0n) is 20.1. The molecule has 1 fully saturated rings. The molecule has 6 N–H and O–H groups in total. The van der Waals surface area contributed by atoms with Gasteiger partial charge in [-0.25, -0.2) is 4.31 Å². The second kappa shape index (κ2) is 14.5. The van der Waals surface area contributed by atoms with Crippen molar-refractivity contribution in [3.05, 3.63) is 66.6 Å². The van der Waals surface area contributed by atoms with E-state index in [1.807, 2.05) is 30.3 Å². The molecule has 5 unspecified atom stereocenters. The Labute approximate surface area is 220 Å². The van der Waals surface area contributed by atoms with Gasteiger partial charge in [0.05, 0.1) is 18.8 Å². The SMILES string of the molecule is CN(/C=C\C(=O)N(C=O)Cc1cc(Nc2ccccc2)ccn1)C1OC(COP(O)OP(O)O)C(O)C1O. The van der Waals surface area contributed by atoms with Gasteiger partial charge in [-0.05, 0) is 24.3 Å². The molecule has 5 atom stereocenters. The van der Waals surface area contributed by atoms with Crippen molar-refractivity contribution in [1.29, 1.82) is 0 Å². The smallest absolute Gasteiger partial charge is 0.337 e. The number of imide groups is 1. The number of rotatable bonds is 13. The summed E-state index contributed by atoms with van der Waals surface area (Å²) >= 11 is 0. The first-order valence-corrected chi connectivity index (χ1v) is 13.4. The van der Waals surface area contributed by atoms with Gasteiger partial charge in [-0.15, -0.1) is 0 Å². The molecule has 14 nitrogen and oxygen atoms in total. The summed E-state index contributed by atoms with van der Waals surface area (Å²) in [6, 6.07) is 12.9. The van der Waals surface area contributed by atoms with Crippen LogP contribution in [0, 0.1) is 0 Å². The van der Waals surface area contributed by atoms with Crippen LogP contribution in [0.4, 0.5) is 11.4 Å². The van der Waals surface area contributed by atoms with Crippen LogP contribution < -0.4 is 5.32 Å². The second-order valence-corrected chi connectivity index (χ2v) is 9.89. The molecule has 1 saturated heterocycles. The average Bonchev–Trinajstić information content (AvgIpc) is 3.18. The molecule has 0 saturated carbocycles. The fraction of sp³-hybridized carbons (Fsp3) is 0.318. The number of benzene rings is 1. The molecule has 16 heteroatoms. The van der Waals surface area contributed by atoms with E-state index in [9.17, 15) is 24.7 Å². The summed E-state index contributed by atoms with van der Waals surface area (Å²) in [4.78, 5) is 57.5. The molecule has 2 heterocycles. The number of hydrogen-bond donors (Lipinski definition) is 6. The summed E-state index contributed by atoms with van der Waals surface area (Å²) in [6.45, 7) is -0.502. The summed E-state index contributed by atoms with van der Waals surface area (Å²) in [6.07, 6.45) is -0.680. The molecule has 2 aromatic rings. The van der Waals surface area contributed by atoms with Gasteiger partial charge in [-0.3, -0.25) is 19.5 Å². The topological polar surface area (TPSA) is 194 Å². The van der Waals surface area contributed by atoms with Crippen LogP contribution in [0.25, 0.3) is 0 Å². The molecule has 3 rings (SSSR count). The molecule has 38 heavy (non-hydrogen) atoms. The van der Waals surface area contributed by atoms with E-state index >= 15 is 0 Å². The van der Waals surface area contributed by atoms with Crippen molar-refractivity contribution in [2.75, 3.05) is 19.0 Å². The van der Waals surface area contributed by atoms with Crippen LogP contribution in [0.2, 0.25) is 0 Å². The second-order valence-electron chi connectivity index (χ2n) is 7.99. The number of hydrogen-bond acceptors (Lipinski definition) is 13. The molecule has 1 aliphatic heterocycles. The van der Waals surface area contributed by atoms with E-state index < -0.39 is 54.3 Å². The lowest BCUT2D eigenvalue weighted by Gasteiger charge is -2.25. The fourth-order valence-corrected chi connectivity index (χ4v) is 4.42. The predicted molar refractivity (Wildman–Crippen MR) is 136 cm³/mol. The number of amides is 2. The molecular formula is C22H28N4O10P2. The Morgan fingerprint density at radius 3 is 2.58 bits per heavy atom. The van der Waals surface area contributed by atoms with E-state index in [-0.39, 0.29) is 6.54 Å². The van der Waals surface area contributed by atoms with E-state index in [2.05, 4.69) is 14.6 Å². The van der Waals surface area contributed by atoms with Crippen LogP contribution in [0.15, 0.2) is 60.9 Å². The van der Waals surface area contributed by atoms with Gasteiger partial charge in [-0.2, -0.15) is 0 Å². The minimum atomic E-state index is -2.83. The highest BCUT2D eigenvalue weighted by Crippen LogP contribution is 2.46. The summed E-state index contributed by atoms with van der Waals surface area (Å²) in [5.41, 5.74) is 2.06. The van der Waals surface area contributed by atoms with Crippen molar-refractivity contribution in [2.45, 2.75) is 31.1 Å². The summed E-state index contributed by atoms with van der Waals surface area (Å²) in [5.74, 6) is -0.657. The molecule has 0 spiro atoms. The summed E-state index contributed by atoms with van der Waals surface area (Å²) in [5, 5.41) is 23.7. The zero-order valence-corrected chi connectivity index (χ0v) is 21.9. The van der Waals surface area contributed by atoms with Crippen molar-refractivity contribution in [3.8, 4) is 0 Å². The third-order valence-corrected chi connectivity index (χ3v) is 6.82. The number of aliphatic hydroxyl groups is 2.